The number of hydrazone groups is 1. The number of nitro groups is 1. The zero-order valence-corrected chi connectivity index (χ0v) is 18.1. The lowest BCUT2D eigenvalue weighted by Gasteiger charge is -2.14. The number of anilines is 2. The molecule has 9 heteroatoms. The molecule has 0 aliphatic heterocycles. The summed E-state index contributed by atoms with van der Waals surface area (Å²) >= 11 is 0. The van der Waals surface area contributed by atoms with Crippen molar-refractivity contribution in [1.29, 1.82) is 0 Å². The number of rotatable bonds is 7. The Kier molecular flexibility index (Phi) is 6.36. The molecule has 0 amide bonds. The molecule has 3 rings (SSSR count). The first-order valence-electron chi connectivity index (χ1n) is 9.40. The maximum atomic E-state index is 13.1. The molecule has 0 heterocycles. The smallest absolute Gasteiger partial charge is 0.270 e. The second-order valence-corrected chi connectivity index (χ2v) is 8.74. The lowest BCUT2D eigenvalue weighted by molar-refractivity contribution is -0.385. The normalized spacial score (nSPS) is 11.5. The predicted molar refractivity (Wildman–Crippen MR) is 122 cm³/mol. The molecule has 2 N–H and O–H groups in total. The molecule has 160 valence electrons. The molecule has 0 atom stereocenters. The van der Waals surface area contributed by atoms with Gasteiger partial charge in [0.25, 0.3) is 15.7 Å². The zero-order chi connectivity index (χ0) is 22.6. The van der Waals surface area contributed by atoms with Gasteiger partial charge in [0.15, 0.2) is 0 Å². The van der Waals surface area contributed by atoms with E-state index in [-0.39, 0.29) is 16.3 Å². The second kappa shape index (κ2) is 8.97. The summed E-state index contributed by atoms with van der Waals surface area (Å²) in [7, 11) is -4.13. The van der Waals surface area contributed by atoms with E-state index in [1.54, 1.807) is 25.3 Å². The Morgan fingerprint density at radius 1 is 0.935 bits per heavy atom. The molecule has 0 saturated heterocycles. The molecule has 0 fully saturated rings. The minimum absolute atomic E-state index is 0.118. The Balaban J connectivity index is 1.97. The number of nitrogens with zero attached hydrogens (tertiary/aromatic N) is 2. The molecule has 0 aliphatic rings. The van der Waals surface area contributed by atoms with Gasteiger partial charge in [0, 0.05) is 12.1 Å². The number of hydrogen-bond donors (Lipinski definition) is 2. The largest absolute Gasteiger partial charge is 0.279 e. The topological polar surface area (TPSA) is 114 Å². The Morgan fingerprint density at radius 2 is 1.65 bits per heavy atom. The van der Waals surface area contributed by atoms with E-state index >= 15 is 0 Å². The Bertz CT molecular complexity index is 1270. The van der Waals surface area contributed by atoms with E-state index in [9.17, 15) is 18.5 Å². The molecule has 0 aromatic heterocycles. The minimum atomic E-state index is -4.13. The highest BCUT2D eigenvalue weighted by molar-refractivity contribution is 7.92. The molecule has 31 heavy (non-hydrogen) atoms. The fourth-order valence-corrected chi connectivity index (χ4v) is 4.28. The fraction of sp³-hybridized carbons (Fsp3) is 0.136. The Morgan fingerprint density at radius 3 is 2.32 bits per heavy atom. The van der Waals surface area contributed by atoms with Gasteiger partial charge in [-0.15, -0.1) is 0 Å². The van der Waals surface area contributed by atoms with Crippen LogP contribution >= 0.6 is 0 Å². The third-order valence-electron chi connectivity index (χ3n) is 4.67. The summed E-state index contributed by atoms with van der Waals surface area (Å²) in [6, 6.07) is 16.4. The molecular weight excluding hydrogens is 416 g/mol. The SMILES string of the molecule is Cc1ccc(NS(=O)(=O)c2cc([N+](=O)[O-])ccc2N/N=C\c2ccccc2C)c(C)c1. The predicted octanol–water partition coefficient (Wildman–Crippen LogP) is 4.77. The van der Waals surface area contributed by atoms with Crippen molar-refractivity contribution in [3.63, 3.8) is 0 Å². The zero-order valence-electron chi connectivity index (χ0n) is 17.3. The number of nitro benzene ring substituents is 1. The van der Waals surface area contributed by atoms with E-state index in [4.69, 9.17) is 0 Å². The molecule has 0 saturated carbocycles. The van der Waals surface area contributed by atoms with Gasteiger partial charge in [-0.1, -0.05) is 42.0 Å². The lowest BCUT2D eigenvalue weighted by Crippen LogP contribution is -2.16. The first kappa shape index (κ1) is 22.0. The van der Waals surface area contributed by atoms with Crippen LogP contribution in [0.3, 0.4) is 0 Å². The van der Waals surface area contributed by atoms with E-state index in [1.165, 1.54) is 12.1 Å². The van der Waals surface area contributed by atoms with Gasteiger partial charge >= 0.3 is 0 Å². The summed E-state index contributed by atoms with van der Waals surface area (Å²) in [5.41, 5.74) is 6.46. The van der Waals surface area contributed by atoms with Crippen LogP contribution < -0.4 is 10.1 Å². The molecule has 0 unspecified atom stereocenters. The summed E-state index contributed by atoms with van der Waals surface area (Å²) in [4.78, 5) is 10.3. The highest BCUT2D eigenvalue weighted by Crippen LogP contribution is 2.29. The van der Waals surface area contributed by atoms with E-state index in [1.807, 2.05) is 44.2 Å². The number of non-ortho nitro benzene ring substituents is 1. The lowest BCUT2D eigenvalue weighted by atomic mass is 10.1. The first-order chi connectivity index (χ1) is 14.7. The van der Waals surface area contributed by atoms with Crippen molar-refractivity contribution >= 4 is 33.3 Å². The monoisotopic (exact) mass is 438 g/mol. The second-order valence-electron chi connectivity index (χ2n) is 7.09. The maximum absolute atomic E-state index is 13.1. The van der Waals surface area contributed by atoms with Crippen molar-refractivity contribution in [3.05, 3.63) is 93.0 Å². The molecule has 0 bridgehead atoms. The molecular formula is C22H22N4O4S. The molecule has 3 aromatic carbocycles. The molecule has 0 spiro atoms. The van der Waals surface area contributed by atoms with Crippen LogP contribution in [0.25, 0.3) is 0 Å². The van der Waals surface area contributed by atoms with Gasteiger partial charge in [0.2, 0.25) is 0 Å². The van der Waals surface area contributed by atoms with Gasteiger partial charge < -0.3 is 0 Å². The summed E-state index contributed by atoms with van der Waals surface area (Å²) in [5.74, 6) is 0. The summed E-state index contributed by atoms with van der Waals surface area (Å²) in [5, 5.41) is 15.3. The van der Waals surface area contributed by atoms with Gasteiger partial charge in [0.1, 0.15) is 4.90 Å². The quantitative estimate of drug-likeness (QED) is 0.313. The van der Waals surface area contributed by atoms with E-state index in [0.29, 0.717) is 5.69 Å². The third-order valence-corrected chi connectivity index (χ3v) is 6.07. The highest BCUT2D eigenvalue weighted by Gasteiger charge is 2.23. The Labute approximate surface area is 180 Å². The van der Waals surface area contributed by atoms with Gasteiger partial charge in [-0.2, -0.15) is 5.10 Å². The van der Waals surface area contributed by atoms with Crippen LogP contribution in [0.1, 0.15) is 22.3 Å². The molecule has 0 aliphatic carbocycles. The van der Waals surface area contributed by atoms with E-state index in [2.05, 4.69) is 15.2 Å². The van der Waals surface area contributed by atoms with Crippen molar-refractivity contribution in [2.45, 2.75) is 25.7 Å². The molecule has 8 nitrogen and oxygen atoms in total. The average molecular weight is 439 g/mol. The molecule has 3 aromatic rings. The minimum Gasteiger partial charge on any atom is -0.279 e. The van der Waals surface area contributed by atoms with Crippen LogP contribution in [-0.2, 0) is 10.0 Å². The number of hydrogen-bond acceptors (Lipinski definition) is 6. The Hall–Kier alpha value is -3.72. The fourth-order valence-electron chi connectivity index (χ4n) is 2.97. The molecule has 0 radical (unpaired) electrons. The van der Waals surface area contributed by atoms with Crippen LogP contribution in [0.15, 0.2) is 70.7 Å². The first-order valence-corrected chi connectivity index (χ1v) is 10.9. The third kappa shape index (κ3) is 5.26. The van der Waals surface area contributed by atoms with Crippen LogP contribution in [-0.4, -0.2) is 19.6 Å². The number of aryl methyl sites for hydroxylation is 3. The van der Waals surface area contributed by atoms with Crippen LogP contribution in [0, 0.1) is 30.9 Å². The van der Waals surface area contributed by atoms with Crippen LogP contribution in [0.4, 0.5) is 17.1 Å². The maximum Gasteiger partial charge on any atom is 0.270 e. The van der Waals surface area contributed by atoms with Gasteiger partial charge in [-0.3, -0.25) is 20.3 Å². The van der Waals surface area contributed by atoms with Gasteiger partial charge in [-0.25, -0.2) is 8.42 Å². The van der Waals surface area contributed by atoms with Crippen LogP contribution in [0.5, 0.6) is 0 Å². The number of sulfonamides is 1. The van der Waals surface area contributed by atoms with E-state index in [0.717, 1.165) is 28.3 Å². The summed E-state index contributed by atoms with van der Waals surface area (Å²) in [6.45, 7) is 5.61. The standard InChI is InChI=1S/C22H22N4O4S/c1-15-8-10-20(17(3)12-15)25-31(29,30)22-13-19(26(27)28)9-11-21(22)24-23-14-18-7-5-4-6-16(18)2/h4-14,24-25H,1-3H3/b23-14-. The number of nitrogens with one attached hydrogen (secondary N) is 2. The summed E-state index contributed by atoms with van der Waals surface area (Å²) < 4.78 is 28.7. The van der Waals surface area contributed by atoms with Crippen molar-refractivity contribution in [3.8, 4) is 0 Å². The van der Waals surface area contributed by atoms with Crippen molar-refractivity contribution in [2.75, 3.05) is 10.1 Å². The highest BCUT2D eigenvalue weighted by atomic mass is 32.2. The van der Waals surface area contributed by atoms with Crippen LogP contribution in [0.2, 0.25) is 0 Å². The number of benzene rings is 3. The van der Waals surface area contributed by atoms with Gasteiger partial charge in [0.05, 0.1) is 22.5 Å². The van der Waals surface area contributed by atoms with Crippen molar-refractivity contribution in [2.24, 2.45) is 5.10 Å². The van der Waals surface area contributed by atoms with Gasteiger partial charge in [-0.05, 0) is 49.6 Å². The van der Waals surface area contributed by atoms with E-state index < -0.39 is 14.9 Å². The average Bonchev–Trinajstić information content (AvgIpc) is 2.71. The van der Waals surface area contributed by atoms with Crippen molar-refractivity contribution in [1.82, 2.24) is 0 Å². The summed E-state index contributed by atoms with van der Waals surface area (Å²) in [6.07, 6.45) is 1.56. The van der Waals surface area contributed by atoms with Crippen molar-refractivity contribution < 1.29 is 13.3 Å².